The molecule has 6 rings (SSSR count). The minimum atomic E-state index is -4.01. The summed E-state index contributed by atoms with van der Waals surface area (Å²) in [6.07, 6.45) is 4.37. The number of hydrogen-bond donors (Lipinski definition) is 0. The molecule has 0 radical (unpaired) electrons. The summed E-state index contributed by atoms with van der Waals surface area (Å²) in [7, 11) is -4.01. The van der Waals surface area contributed by atoms with Crippen molar-refractivity contribution in [3.05, 3.63) is 117 Å². The van der Waals surface area contributed by atoms with Crippen LogP contribution in [0.15, 0.2) is 88.8 Å². The molecule has 54 heavy (non-hydrogen) atoms. The quantitative estimate of drug-likeness (QED) is 0.0854. The molecule has 0 saturated heterocycles. The van der Waals surface area contributed by atoms with Gasteiger partial charge in [0.15, 0.2) is 6.10 Å². The lowest BCUT2D eigenvalue weighted by Gasteiger charge is -2.32. The Balaban J connectivity index is 1.18. The first-order chi connectivity index (χ1) is 26.1. The zero-order chi connectivity index (χ0) is 38.2. The second kappa shape index (κ2) is 17.3. The number of hydrogen-bond acceptors (Lipinski definition) is 10. The molecule has 0 aliphatic heterocycles. The van der Waals surface area contributed by atoms with Crippen molar-refractivity contribution in [3.63, 3.8) is 0 Å². The maximum absolute atomic E-state index is 14.5. The lowest BCUT2D eigenvalue weighted by Crippen LogP contribution is -2.37. The molecule has 2 aromatic heterocycles. The van der Waals surface area contributed by atoms with Gasteiger partial charge >= 0.3 is 5.97 Å². The van der Waals surface area contributed by atoms with Gasteiger partial charge in [-0.2, -0.15) is 23.8 Å². The van der Waals surface area contributed by atoms with E-state index < -0.39 is 22.2 Å². The molecule has 0 amide bonds. The van der Waals surface area contributed by atoms with Crippen LogP contribution >= 0.6 is 0 Å². The minimum Gasteiger partial charge on any atom is -0.464 e. The van der Waals surface area contributed by atoms with Crippen molar-refractivity contribution in [1.29, 1.82) is 5.26 Å². The molecule has 1 fully saturated rings. The molecule has 13 heteroatoms. The average Bonchev–Trinajstić information content (AvgIpc) is 3.66. The van der Waals surface area contributed by atoms with Crippen LogP contribution in [0, 0.1) is 18.3 Å². The smallest absolute Gasteiger partial charge is 0.335 e. The standard InChI is InChI=1S/C41H45N5O7S/c1-4-8-37-36(25-29-13-15-30(16-14-29)35-10-7-6-9-31(35)26-42)39(47)45(41-43-27-44-46(37)41)32-17-19-33(20-18-32)53-38(40(48)51-5-2)23-24-52-54(49,50)34-21-11-28(3)12-22-34/h6-7,9-16,21-22,27,32-33,38H,4-5,8,17-20,23-25H2,1-3H3. The minimum absolute atomic E-state index is 0.00224. The molecule has 2 heterocycles. The van der Waals surface area contributed by atoms with Gasteiger partial charge < -0.3 is 9.47 Å². The highest BCUT2D eigenvalue weighted by Gasteiger charge is 2.32. The molecule has 0 spiro atoms. The number of benzene rings is 3. The molecule has 1 unspecified atom stereocenters. The third-order valence-electron chi connectivity index (χ3n) is 9.85. The number of fused-ring (bicyclic) bond motifs is 1. The Kier molecular flexibility index (Phi) is 12.4. The molecular weight excluding hydrogens is 707 g/mol. The maximum Gasteiger partial charge on any atom is 0.335 e. The molecule has 1 aliphatic carbocycles. The van der Waals surface area contributed by atoms with E-state index >= 15 is 0 Å². The Labute approximate surface area is 315 Å². The number of esters is 1. The summed E-state index contributed by atoms with van der Waals surface area (Å²) < 4.78 is 45.8. The SMILES string of the molecule is CCCc1c(Cc2ccc(-c3ccccc3C#N)cc2)c(=O)n(C2CCC(OC(CCOS(=O)(=O)c3ccc(C)cc3)C(=O)OCC)CC2)c2ncnn12. The van der Waals surface area contributed by atoms with Gasteiger partial charge in [0.1, 0.15) is 6.33 Å². The first kappa shape index (κ1) is 38.6. The highest BCUT2D eigenvalue weighted by Crippen LogP contribution is 2.32. The van der Waals surface area contributed by atoms with E-state index in [0.717, 1.165) is 34.4 Å². The van der Waals surface area contributed by atoms with Crippen molar-refractivity contribution in [2.45, 2.75) is 95.3 Å². The van der Waals surface area contributed by atoms with Crippen molar-refractivity contribution in [2.75, 3.05) is 13.2 Å². The van der Waals surface area contributed by atoms with Gasteiger partial charge in [0.25, 0.3) is 15.7 Å². The third kappa shape index (κ3) is 8.62. The van der Waals surface area contributed by atoms with E-state index in [-0.39, 0.29) is 42.2 Å². The van der Waals surface area contributed by atoms with Crippen LogP contribution in [0.4, 0.5) is 0 Å². The van der Waals surface area contributed by atoms with Gasteiger partial charge in [-0.1, -0.05) is 73.5 Å². The van der Waals surface area contributed by atoms with E-state index in [1.165, 1.54) is 18.5 Å². The average molecular weight is 752 g/mol. The number of carbonyl (C=O) groups excluding carboxylic acids is 1. The Morgan fingerprint density at radius 3 is 2.41 bits per heavy atom. The molecule has 282 valence electrons. The number of rotatable bonds is 15. The molecule has 5 aromatic rings. The van der Waals surface area contributed by atoms with Crippen LogP contribution in [-0.2, 0) is 41.4 Å². The third-order valence-corrected chi connectivity index (χ3v) is 11.2. The van der Waals surface area contributed by atoms with E-state index in [0.29, 0.717) is 55.4 Å². The van der Waals surface area contributed by atoms with Crippen LogP contribution < -0.4 is 5.56 Å². The van der Waals surface area contributed by atoms with Crippen molar-refractivity contribution >= 4 is 21.9 Å². The molecule has 0 bridgehead atoms. The van der Waals surface area contributed by atoms with E-state index in [1.54, 1.807) is 34.2 Å². The van der Waals surface area contributed by atoms with Crippen LogP contribution in [0.1, 0.15) is 86.4 Å². The van der Waals surface area contributed by atoms with Crippen molar-refractivity contribution in [1.82, 2.24) is 19.2 Å². The first-order valence-corrected chi connectivity index (χ1v) is 19.9. The van der Waals surface area contributed by atoms with Crippen LogP contribution in [0.2, 0.25) is 0 Å². The predicted molar refractivity (Wildman–Crippen MR) is 202 cm³/mol. The van der Waals surface area contributed by atoms with Gasteiger partial charge in [0, 0.05) is 24.4 Å². The summed E-state index contributed by atoms with van der Waals surface area (Å²) in [6.45, 7) is 5.53. The summed E-state index contributed by atoms with van der Waals surface area (Å²) in [4.78, 5) is 31.9. The topological polar surface area (TPSA) is 155 Å². The van der Waals surface area contributed by atoms with Gasteiger partial charge in [0.05, 0.1) is 41.5 Å². The zero-order valence-electron chi connectivity index (χ0n) is 30.8. The Hall–Kier alpha value is -5.16. The number of nitrogens with zero attached hydrogens (tertiary/aromatic N) is 5. The van der Waals surface area contributed by atoms with E-state index in [4.69, 9.17) is 13.7 Å². The van der Waals surface area contributed by atoms with Gasteiger partial charge in [-0.3, -0.25) is 13.5 Å². The second-order valence-corrected chi connectivity index (χ2v) is 15.2. The van der Waals surface area contributed by atoms with Gasteiger partial charge in [-0.05, 0) is 80.8 Å². The van der Waals surface area contributed by atoms with Crippen molar-refractivity contribution in [2.24, 2.45) is 0 Å². The van der Waals surface area contributed by atoms with E-state index in [1.807, 2.05) is 49.4 Å². The molecule has 1 aliphatic rings. The predicted octanol–water partition coefficient (Wildman–Crippen LogP) is 6.51. The van der Waals surface area contributed by atoms with Gasteiger partial charge in [-0.15, -0.1) is 0 Å². The molecule has 3 aromatic carbocycles. The molecule has 0 N–H and O–H groups in total. The van der Waals surface area contributed by atoms with Crippen LogP contribution in [0.3, 0.4) is 0 Å². The lowest BCUT2D eigenvalue weighted by atomic mass is 9.92. The lowest BCUT2D eigenvalue weighted by molar-refractivity contribution is -0.163. The normalized spacial score (nSPS) is 16.6. The highest BCUT2D eigenvalue weighted by molar-refractivity contribution is 7.86. The first-order valence-electron chi connectivity index (χ1n) is 18.5. The van der Waals surface area contributed by atoms with Crippen molar-refractivity contribution in [3.8, 4) is 17.2 Å². The molecule has 1 atom stereocenters. The number of carbonyl (C=O) groups is 1. The Bertz CT molecular complexity index is 2290. The summed E-state index contributed by atoms with van der Waals surface area (Å²) in [6, 6.07) is 23.9. The van der Waals surface area contributed by atoms with Crippen LogP contribution in [-0.4, -0.2) is 59.0 Å². The van der Waals surface area contributed by atoms with Crippen LogP contribution in [0.5, 0.6) is 0 Å². The number of aryl methyl sites for hydroxylation is 2. The highest BCUT2D eigenvalue weighted by atomic mass is 32.2. The van der Waals surface area contributed by atoms with Gasteiger partial charge in [0.2, 0.25) is 5.78 Å². The Morgan fingerprint density at radius 1 is 1.00 bits per heavy atom. The molecule has 12 nitrogen and oxygen atoms in total. The summed E-state index contributed by atoms with van der Waals surface area (Å²) in [5.74, 6) is -0.0767. The number of nitriles is 1. The summed E-state index contributed by atoms with van der Waals surface area (Å²) in [5.41, 5.74) is 5.68. The van der Waals surface area contributed by atoms with E-state index in [9.17, 15) is 23.3 Å². The van der Waals surface area contributed by atoms with Crippen molar-refractivity contribution < 1.29 is 26.9 Å². The molecular formula is C41H45N5O7S. The van der Waals surface area contributed by atoms with E-state index in [2.05, 4.69) is 23.1 Å². The fourth-order valence-electron chi connectivity index (χ4n) is 7.10. The number of ether oxygens (including phenoxy) is 2. The fraction of sp³-hybridized carbons (Fsp3) is 0.390. The second-order valence-electron chi connectivity index (χ2n) is 13.5. The van der Waals surface area contributed by atoms with Crippen LogP contribution in [0.25, 0.3) is 16.9 Å². The van der Waals surface area contributed by atoms with Gasteiger partial charge in [-0.25, -0.2) is 9.31 Å². The molecule has 1 saturated carbocycles. The number of aromatic nitrogens is 4. The Morgan fingerprint density at radius 2 is 1.72 bits per heavy atom. The fourth-order valence-corrected chi connectivity index (χ4v) is 8.02. The summed E-state index contributed by atoms with van der Waals surface area (Å²) >= 11 is 0. The maximum atomic E-state index is 14.5. The largest absolute Gasteiger partial charge is 0.464 e. The zero-order valence-corrected chi connectivity index (χ0v) is 31.6. The summed E-state index contributed by atoms with van der Waals surface area (Å²) in [5, 5.41) is 14.1. The monoisotopic (exact) mass is 751 g/mol.